The number of allylic oxidation sites excluding steroid dienone is 2. The minimum atomic E-state index is -4.94. The van der Waals surface area contributed by atoms with Gasteiger partial charge < -0.3 is 14.9 Å². The molecule has 2 N–H and O–H groups in total. The van der Waals surface area contributed by atoms with Gasteiger partial charge in [0, 0.05) is 13.0 Å². The van der Waals surface area contributed by atoms with Crippen molar-refractivity contribution < 1.29 is 28.1 Å². The van der Waals surface area contributed by atoms with E-state index in [2.05, 4.69) is 0 Å². The molecule has 1 rings (SSSR count). The van der Waals surface area contributed by atoms with Gasteiger partial charge in [0.2, 0.25) is 0 Å². The molecular weight excluding hydrogens is 309 g/mol. The minimum absolute atomic E-state index is 0.609. The van der Waals surface area contributed by atoms with Gasteiger partial charge in [0.15, 0.2) is 10.7 Å². The summed E-state index contributed by atoms with van der Waals surface area (Å²) in [6.07, 6.45) is 0.857. The van der Waals surface area contributed by atoms with Gasteiger partial charge in [0.05, 0.1) is 6.61 Å². The smallest absolute Gasteiger partial charge is 0.393 e. The molecule has 0 heterocycles. The van der Waals surface area contributed by atoms with Crippen LogP contribution in [0.4, 0.5) is 13.2 Å². The number of ether oxygens (including phenoxy) is 1. The number of hydrogen-bond donors (Lipinski definition) is 2. The predicted molar refractivity (Wildman–Crippen MR) is 73.9 cm³/mol. The molecule has 7 heteroatoms. The maximum atomic E-state index is 13.0. The zero-order valence-electron chi connectivity index (χ0n) is 12.1. The number of aliphatic hydroxyl groups excluding tert-OH is 1. The summed E-state index contributed by atoms with van der Waals surface area (Å²) >= 11 is 6.31. The summed E-state index contributed by atoms with van der Waals surface area (Å²) in [5.74, 6) is -0.609. The Bertz CT molecular complexity index is 434. The highest BCUT2D eigenvalue weighted by molar-refractivity contribution is 6.24. The molecule has 0 fully saturated rings. The third kappa shape index (κ3) is 3.62. The molecule has 3 unspecified atom stereocenters. The Morgan fingerprint density at radius 1 is 1.29 bits per heavy atom. The lowest BCUT2D eigenvalue weighted by atomic mass is 9.68. The van der Waals surface area contributed by atoms with Crippen LogP contribution in [0.25, 0.3) is 0 Å². The van der Waals surface area contributed by atoms with E-state index in [1.54, 1.807) is 38.2 Å². The molecule has 122 valence electrons. The van der Waals surface area contributed by atoms with Crippen LogP contribution in [0.15, 0.2) is 24.3 Å². The second-order valence-electron chi connectivity index (χ2n) is 5.98. The summed E-state index contributed by atoms with van der Waals surface area (Å²) in [4.78, 5) is 0. The number of hydrogen-bond acceptors (Lipinski definition) is 3. The highest BCUT2D eigenvalue weighted by atomic mass is 35.5. The Kier molecular flexibility index (Phi) is 5.20. The summed E-state index contributed by atoms with van der Waals surface area (Å²) in [6.45, 7) is 1.68. The van der Waals surface area contributed by atoms with Crippen LogP contribution in [-0.2, 0) is 4.74 Å². The second kappa shape index (κ2) is 5.91. The van der Waals surface area contributed by atoms with Crippen molar-refractivity contribution in [2.24, 2.45) is 11.3 Å². The molecule has 21 heavy (non-hydrogen) atoms. The summed E-state index contributed by atoms with van der Waals surface area (Å²) in [5.41, 5.74) is -4.26. The van der Waals surface area contributed by atoms with Crippen LogP contribution in [0, 0.1) is 11.3 Å². The highest BCUT2D eigenvalue weighted by Crippen LogP contribution is 2.49. The molecule has 3 nitrogen and oxygen atoms in total. The lowest BCUT2D eigenvalue weighted by Crippen LogP contribution is -2.54. The highest BCUT2D eigenvalue weighted by Gasteiger charge is 2.58. The van der Waals surface area contributed by atoms with E-state index < -0.39 is 41.2 Å². The van der Waals surface area contributed by atoms with Crippen molar-refractivity contribution in [3.8, 4) is 0 Å². The van der Waals surface area contributed by atoms with Crippen LogP contribution in [0.2, 0.25) is 0 Å². The molecule has 0 aromatic heterocycles. The van der Waals surface area contributed by atoms with Crippen molar-refractivity contribution in [1.29, 1.82) is 0 Å². The summed E-state index contributed by atoms with van der Waals surface area (Å²) in [6, 6.07) is 0. The van der Waals surface area contributed by atoms with Crippen LogP contribution in [-0.4, -0.2) is 40.8 Å². The monoisotopic (exact) mass is 328 g/mol. The molecule has 0 bridgehead atoms. The van der Waals surface area contributed by atoms with E-state index in [0.29, 0.717) is 0 Å². The maximum Gasteiger partial charge on any atom is 0.419 e. The van der Waals surface area contributed by atoms with E-state index in [4.69, 9.17) is 21.4 Å². The van der Waals surface area contributed by atoms with E-state index in [0.717, 1.165) is 0 Å². The Balaban J connectivity index is 3.11. The van der Waals surface area contributed by atoms with Crippen LogP contribution in [0.1, 0.15) is 20.3 Å². The molecule has 0 aromatic rings. The molecule has 1 aliphatic carbocycles. The molecule has 0 saturated heterocycles. The molecule has 0 amide bonds. The second-order valence-corrected chi connectivity index (χ2v) is 6.57. The molecule has 0 radical (unpaired) electrons. The first-order valence-corrected chi connectivity index (χ1v) is 6.80. The number of aliphatic hydroxyl groups is 2. The number of alkyl halides is 4. The zero-order valence-corrected chi connectivity index (χ0v) is 12.9. The molecule has 0 aliphatic heterocycles. The van der Waals surface area contributed by atoms with Gasteiger partial charge in [0.25, 0.3) is 0 Å². The Labute approximate surface area is 127 Å². The largest absolute Gasteiger partial charge is 0.419 e. The Hall–Kier alpha value is -0.560. The lowest BCUT2D eigenvalue weighted by Gasteiger charge is -2.45. The van der Waals surface area contributed by atoms with Crippen molar-refractivity contribution in [2.75, 3.05) is 13.7 Å². The fourth-order valence-electron chi connectivity index (χ4n) is 2.69. The van der Waals surface area contributed by atoms with E-state index >= 15 is 0 Å². The normalized spacial score (nSPS) is 29.5. The van der Waals surface area contributed by atoms with Gasteiger partial charge in [-0.3, -0.25) is 0 Å². The third-order valence-electron chi connectivity index (χ3n) is 3.85. The zero-order chi connectivity index (χ0) is 16.5. The standard InChI is InChI=1S/C14H20ClF3O3/c1-11(2,8-12(20,9-19)14(16,17)18)10-6-4-5-7-13(10,15)21-3/h4-7,10,19-20H,8-9H2,1-3H3. The SMILES string of the molecule is COC1(Cl)C=CC=CC1C(C)(C)CC(O)(CO)C(F)(F)F. The quantitative estimate of drug-likeness (QED) is 0.763. The van der Waals surface area contributed by atoms with E-state index in [-0.39, 0.29) is 0 Å². The van der Waals surface area contributed by atoms with Crippen LogP contribution >= 0.6 is 11.6 Å². The van der Waals surface area contributed by atoms with Gasteiger partial charge in [-0.05, 0) is 17.9 Å². The molecular formula is C14H20ClF3O3. The molecule has 3 atom stereocenters. The summed E-state index contributed by atoms with van der Waals surface area (Å²) < 4.78 is 44.1. The lowest BCUT2D eigenvalue weighted by molar-refractivity contribution is -0.282. The average molecular weight is 329 g/mol. The third-order valence-corrected chi connectivity index (χ3v) is 4.37. The fraction of sp³-hybridized carbons (Fsp3) is 0.714. The first-order chi connectivity index (χ1) is 9.42. The van der Waals surface area contributed by atoms with Gasteiger partial charge in [0.1, 0.15) is 0 Å². The summed E-state index contributed by atoms with van der Waals surface area (Å²) in [7, 11) is 1.36. The van der Waals surface area contributed by atoms with Crippen molar-refractivity contribution in [1.82, 2.24) is 0 Å². The minimum Gasteiger partial charge on any atom is -0.393 e. The van der Waals surface area contributed by atoms with Crippen molar-refractivity contribution in [3.63, 3.8) is 0 Å². The Morgan fingerprint density at radius 3 is 2.29 bits per heavy atom. The Morgan fingerprint density at radius 2 is 1.86 bits per heavy atom. The van der Waals surface area contributed by atoms with Crippen molar-refractivity contribution >= 4 is 11.6 Å². The van der Waals surface area contributed by atoms with Gasteiger partial charge in [-0.25, -0.2) is 0 Å². The van der Waals surface area contributed by atoms with Crippen molar-refractivity contribution in [2.45, 2.75) is 37.1 Å². The predicted octanol–water partition coefficient (Wildman–Crippen LogP) is 3.01. The van der Waals surface area contributed by atoms with Gasteiger partial charge in [-0.15, -0.1) is 0 Å². The molecule has 0 aromatic carbocycles. The van der Waals surface area contributed by atoms with Crippen LogP contribution < -0.4 is 0 Å². The maximum absolute atomic E-state index is 13.0. The fourth-order valence-corrected chi connectivity index (χ4v) is 3.14. The average Bonchev–Trinajstić information content (AvgIpc) is 2.37. The summed E-state index contributed by atoms with van der Waals surface area (Å²) in [5, 5.41) is 17.5. The van der Waals surface area contributed by atoms with Gasteiger partial charge in [-0.2, -0.15) is 13.2 Å². The number of rotatable bonds is 5. The molecule has 0 saturated carbocycles. The van der Waals surface area contributed by atoms with Gasteiger partial charge in [-0.1, -0.05) is 43.7 Å². The first-order valence-electron chi connectivity index (χ1n) is 6.42. The number of methoxy groups -OCH3 is 1. The molecule has 1 aliphatic rings. The van der Waals surface area contributed by atoms with Gasteiger partial charge >= 0.3 is 6.18 Å². The van der Waals surface area contributed by atoms with Crippen molar-refractivity contribution in [3.05, 3.63) is 24.3 Å². The van der Waals surface area contributed by atoms with Crippen LogP contribution in [0.5, 0.6) is 0 Å². The van der Waals surface area contributed by atoms with E-state index in [1.165, 1.54) is 7.11 Å². The van der Waals surface area contributed by atoms with E-state index in [1.807, 2.05) is 0 Å². The van der Waals surface area contributed by atoms with Crippen LogP contribution in [0.3, 0.4) is 0 Å². The topological polar surface area (TPSA) is 49.7 Å². The first kappa shape index (κ1) is 18.5. The number of halogens is 4. The van der Waals surface area contributed by atoms with E-state index in [9.17, 15) is 18.3 Å². The molecule has 0 spiro atoms.